The van der Waals surface area contributed by atoms with Gasteiger partial charge in [-0.05, 0) is 73.7 Å². The second kappa shape index (κ2) is 7.79. The van der Waals surface area contributed by atoms with Crippen molar-refractivity contribution in [3.63, 3.8) is 0 Å². The molecule has 3 nitrogen and oxygen atoms in total. The Morgan fingerprint density at radius 1 is 1.15 bits per heavy atom. The first-order valence-electron chi connectivity index (χ1n) is 9.28. The van der Waals surface area contributed by atoms with Gasteiger partial charge in [0.1, 0.15) is 5.82 Å². The van der Waals surface area contributed by atoms with E-state index in [1.807, 2.05) is 0 Å². The predicted octanol–water partition coefficient (Wildman–Crippen LogP) is 5.38. The van der Waals surface area contributed by atoms with Gasteiger partial charge in [0.2, 0.25) is 0 Å². The smallest absolute Gasteiger partial charge is 0.190 e. The average molecular weight is 383 g/mol. The van der Waals surface area contributed by atoms with E-state index in [2.05, 4.69) is 42.0 Å². The molecule has 5 heteroatoms. The zero-order valence-corrected chi connectivity index (χ0v) is 16.4. The minimum absolute atomic E-state index is 0.220. The second-order valence-corrected chi connectivity index (χ2v) is 7.87. The number of hydrogen-bond donors (Lipinski definition) is 0. The third-order valence-electron chi connectivity index (χ3n) is 5.06. The minimum atomic E-state index is -0.247. The SMILES string of the molecule is Cc1ccc(-c2csc(=Nc3ccc(F)cc3)n2CC2CCCO2)cc1C. The molecule has 2 heterocycles. The van der Waals surface area contributed by atoms with Crippen molar-refractivity contribution in [2.24, 2.45) is 4.99 Å². The van der Waals surface area contributed by atoms with Gasteiger partial charge in [-0.15, -0.1) is 11.3 Å². The summed E-state index contributed by atoms with van der Waals surface area (Å²) in [6.07, 6.45) is 2.40. The third kappa shape index (κ3) is 4.04. The van der Waals surface area contributed by atoms with Crippen LogP contribution < -0.4 is 4.80 Å². The molecule has 1 aromatic heterocycles. The van der Waals surface area contributed by atoms with Crippen molar-refractivity contribution >= 4 is 17.0 Å². The Balaban J connectivity index is 1.79. The van der Waals surface area contributed by atoms with E-state index in [0.29, 0.717) is 0 Å². The zero-order valence-electron chi connectivity index (χ0n) is 15.6. The summed E-state index contributed by atoms with van der Waals surface area (Å²) in [7, 11) is 0. The molecule has 1 fully saturated rings. The number of hydrogen-bond acceptors (Lipinski definition) is 3. The largest absolute Gasteiger partial charge is 0.376 e. The number of aromatic nitrogens is 1. The fraction of sp³-hybridized carbons (Fsp3) is 0.318. The van der Waals surface area contributed by atoms with Crippen LogP contribution in [-0.2, 0) is 11.3 Å². The molecule has 1 saturated heterocycles. The number of rotatable bonds is 4. The van der Waals surface area contributed by atoms with Crippen LogP contribution in [0.25, 0.3) is 11.3 Å². The van der Waals surface area contributed by atoms with Gasteiger partial charge in [-0.2, -0.15) is 0 Å². The summed E-state index contributed by atoms with van der Waals surface area (Å²) in [5, 5.41) is 2.15. The van der Waals surface area contributed by atoms with Gasteiger partial charge in [0.05, 0.1) is 24.0 Å². The number of ether oxygens (including phenoxy) is 1. The Morgan fingerprint density at radius 3 is 2.67 bits per heavy atom. The molecule has 0 aliphatic carbocycles. The fourth-order valence-electron chi connectivity index (χ4n) is 3.34. The number of nitrogens with zero attached hydrogens (tertiary/aromatic N) is 2. The number of thiazole rings is 1. The minimum Gasteiger partial charge on any atom is -0.376 e. The molecule has 1 unspecified atom stereocenters. The highest BCUT2D eigenvalue weighted by molar-refractivity contribution is 7.07. The van der Waals surface area contributed by atoms with E-state index in [1.54, 1.807) is 23.5 Å². The summed E-state index contributed by atoms with van der Waals surface area (Å²) in [6, 6.07) is 12.9. The molecule has 0 saturated carbocycles. The summed E-state index contributed by atoms with van der Waals surface area (Å²) in [5.74, 6) is -0.247. The van der Waals surface area contributed by atoms with E-state index in [1.165, 1.54) is 28.8 Å². The summed E-state index contributed by atoms with van der Waals surface area (Å²) >= 11 is 1.61. The summed E-state index contributed by atoms with van der Waals surface area (Å²) in [5.41, 5.74) is 5.66. The maximum atomic E-state index is 13.2. The monoisotopic (exact) mass is 382 g/mol. The zero-order chi connectivity index (χ0) is 18.8. The highest BCUT2D eigenvalue weighted by atomic mass is 32.1. The van der Waals surface area contributed by atoms with Crippen LogP contribution in [0, 0.1) is 19.7 Å². The Kier molecular flexibility index (Phi) is 5.23. The van der Waals surface area contributed by atoms with Gasteiger partial charge >= 0.3 is 0 Å². The van der Waals surface area contributed by atoms with Crippen molar-refractivity contribution in [2.75, 3.05) is 6.61 Å². The van der Waals surface area contributed by atoms with Gasteiger partial charge in [-0.3, -0.25) is 0 Å². The molecule has 2 aromatic carbocycles. The number of aryl methyl sites for hydroxylation is 2. The van der Waals surface area contributed by atoms with Gasteiger partial charge in [0, 0.05) is 12.0 Å². The van der Waals surface area contributed by atoms with Gasteiger partial charge in [-0.25, -0.2) is 9.38 Å². The van der Waals surface area contributed by atoms with Crippen LogP contribution in [0.3, 0.4) is 0 Å². The Hall–Kier alpha value is -2.24. The van der Waals surface area contributed by atoms with Crippen LogP contribution in [0.5, 0.6) is 0 Å². The standard InChI is InChI=1S/C22H23FN2OS/c1-15-5-6-17(12-16(15)2)21-14-27-22(24-19-9-7-18(23)8-10-19)25(21)13-20-4-3-11-26-20/h5-10,12,14,20H,3-4,11,13H2,1-2H3. The van der Waals surface area contributed by atoms with Crippen LogP contribution in [0.1, 0.15) is 24.0 Å². The highest BCUT2D eigenvalue weighted by Crippen LogP contribution is 2.25. The number of halogens is 1. The van der Waals surface area contributed by atoms with Crippen molar-refractivity contribution in [1.82, 2.24) is 4.57 Å². The van der Waals surface area contributed by atoms with Crippen molar-refractivity contribution in [3.05, 3.63) is 69.6 Å². The van der Waals surface area contributed by atoms with Crippen molar-refractivity contribution in [3.8, 4) is 11.3 Å². The molecule has 140 valence electrons. The van der Waals surface area contributed by atoms with Crippen LogP contribution >= 0.6 is 11.3 Å². The molecule has 27 heavy (non-hydrogen) atoms. The van der Waals surface area contributed by atoms with E-state index in [4.69, 9.17) is 9.73 Å². The van der Waals surface area contributed by atoms with Crippen molar-refractivity contribution in [1.29, 1.82) is 0 Å². The molecule has 1 atom stereocenters. The van der Waals surface area contributed by atoms with E-state index < -0.39 is 0 Å². The molecule has 3 aromatic rings. The van der Waals surface area contributed by atoms with Crippen LogP contribution in [0.4, 0.5) is 10.1 Å². The summed E-state index contributed by atoms with van der Waals surface area (Å²) < 4.78 is 21.3. The lowest BCUT2D eigenvalue weighted by Crippen LogP contribution is -2.24. The van der Waals surface area contributed by atoms with Crippen LogP contribution in [0.2, 0.25) is 0 Å². The summed E-state index contributed by atoms with van der Waals surface area (Å²) in [4.78, 5) is 5.68. The average Bonchev–Trinajstić information content (AvgIpc) is 3.31. The normalized spacial score (nSPS) is 17.6. The maximum absolute atomic E-state index is 13.2. The van der Waals surface area contributed by atoms with Crippen molar-refractivity contribution < 1.29 is 9.13 Å². The molecule has 1 aliphatic rings. The fourth-order valence-corrected chi connectivity index (χ4v) is 4.28. The first kappa shape index (κ1) is 18.1. The number of benzene rings is 2. The third-order valence-corrected chi connectivity index (χ3v) is 5.93. The van der Waals surface area contributed by atoms with E-state index in [-0.39, 0.29) is 11.9 Å². The van der Waals surface area contributed by atoms with Gasteiger partial charge < -0.3 is 9.30 Å². The second-order valence-electron chi connectivity index (χ2n) is 7.04. The first-order valence-corrected chi connectivity index (χ1v) is 10.2. The van der Waals surface area contributed by atoms with E-state index >= 15 is 0 Å². The molecule has 0 radical (unpaired) electrons. The molecule has 0 amide bonds. The molecule has 4 rings (SSSR count). The Labute approximate surface area is 162 Å². The van der Waals surface area contributed by atoms with Crippen LogP contribution in [-0.4, -0.2) is 17.3 Å². The first-order chi connectivity index (χ1) is 13.1. The maximum Gasteiger partial charge on any atom is 0.190 e. The lowest BCUT2D eigenvalue weighted by atomic mass is 10.0. The van der Waals surface area contributed by atoms with Crippen molar-refractivity contribution in [2.45, 2.75) is 39.3 Å². The lowest BCUT2D eigenvalue weighted by molar-refractivity contribution is 0.0968. The highest BCUT2D eigenvalue weighted by Gasteiger charge is 2.19. The van der Waals surface area contributed by atoms with Gasteiger partial charge in [0.15, 0.2) is 4.80 Å². The molecule has 0 spiro atoms. The summed E-state index contributed by atoms with van der Waals surface area (Å²) in [6.45, 7) is 5.88. The Bertz CT molecular complexity index is 998. The van der Waals surface area contributed by atoms with Gasteiger partial charge in [0.25, 0.3) is 0 Å². The van der Waals surface area contributed by atoms with Gasteiger partial charge in [-0.1, -0.05) is 12.1 Å². The van der Waals surface area contributed by atoms with E-state index in [0.717, 1.165) is 42.2 Å². The van der Waals surface area contributed by atoms with Crippen LogP contribution in [0.15, 0.2) is 52.8 Å². The lowest BCUT2D eigenvalue weighted by Gasteiger charge is -2.14. The molecular formula is C22H23FN2OS. The Morgan fingerprint density at radius 2 is 1.96 bits per heavy atom. The molecule has 0 N–H and O–H groups in total. The topological polar surface area (TPSA) is 26.5 Å². The molecular weight excluding hydrogens is 359 g/mol. The quantitative estimate of drug-likeness (QED) is 0.595. The molecule has 1 aliphatic heterocycles. The molecule has 0 bridgehead atoms. The van der Waals surface area contributed by atoms with E-state index in [9.17, 15) is 4.39 Å². The predicted molar refractivity (Wildman–Crippen MR) is 108 cm³/mol.